The van der Waals surface area contributed by atoms with E-state index < -0.39 is 0 Å². The smallest absolute Gasteiger partial charge is 0.0616 e. The highest BCUT2D eigenvalue weighted by Gasteiger charge is 2.33. The molecule has 1 fully saturated rings. The minimum absolute atomic E-state index is 0.430. The second-order valence-electron chi connectivity index (χ2n) is 5.66. The zero-order valence-corrected chi connectivity index (χ0v) is 14.2. The third-order valence-corrected chi connectivity index (χ3v) is 4.73. The number of ether oxygens (including phenoxy) is 1. The third-order valence-electron chi connectivity index (χ3n) is 4.21. The highest BCUT2D eigenvalue weighted by molar-refractivity contribution is 9.10. The molecule has 1 heterocycles. The molecule has 0 spiro atoms. The molecular weight excluding hydrogens is 314 g/mol. The highest BCUT2D eigenvalue weighted by Crippen LogP contribution is 2.28. The molecule has 1 aliphatic heterocycles. The Balaban J connectivity index is 2.04. The summed E-state index contributed by atoms with van der Waals surface area (Å²) in [7, 11) is 0. The molecule has 0 amide bonds. The van der Waals surface area contributed by atoms with Crippen molar-refractivity contribution in [1.29, 1.82) is 0 Å². The molecule has 1 N–H and O–H groups in total. The van der Waals surface area contributed by atoms with Gasteiger partial charge in [0.05, 0.1) is 6.10 Å². The summed E-state index contributed by atoms with van der Waals surface area (Å²) in [6, 6.07) is 9.25. The van der Waals surface area contributed by atoms with E-state index in [0.717, 1.165) is 30.5 Å². The Bertz CT molecular complexity index is 392. The summed E-state index contributed by atoms with van der Waals surface area (Å²) in [5.74, 6) is 0.648. The fraction of sp³-hybridized carbons (Fsp3) is 0.647. The van der Waals surface area contributed by atoms with Crippen molar-refractivity contribution in [2.24, 2.45) is 5.92 Å². The second-order valence-corrected chi connectivity index (χ2v) is 6.58. The van der Waals surface area contributed by atoms with Gasteiger partial charge in [-0.2, -0.15) is 0 Å². The quantitative estimate of drug-likeness (QED) is 0.804. The van der Waals surface area contributed by atoms with Crippen molar-refractivity contribution >= 4 is 15.9 Å². The molecule has 2 rings (SSSR count). The Labute approximate surface area is 131 Å². The van der Waals surface area contributed by atoms with E-state index >= 15 is 0 Å². The molecule has 1 saturated heterocycles. The van der Waals surface area contributed by atoms with Gasteiger partial charge in [-0.3, -0.25) is 0 Å². The standard InChI is InChI=1S/C17H26BrNO/c1-3-10-19-16(15-9-11-20-17(15)4-2)12-13-5-7-14(18)8-6-13/h5-8,15-17,19H,3-4,9-12H2,1-2H3. The molecule has 112 valence electrons. The molecule has 1 aromatic rings. The number of rotatable bonds is 7. The first-order valence-corrected chi connectivity index (χ1v) is 8.63. The first-order valence-electron chi connectivity index (χ1n) is 7.84. The molecule has 20 heavy (non-hydrogen) atoms. The molecule has 1 aliphatic rings. The van der Waals surface area contributed by atoms with Gasteiger partial charge in [0, 0.05) is 23.0 Å². The van der Waals surface area contributed by atoms with Crippen LogP contribution in [0.3, 0.4) is 0 Å². The van der Waals surface area contributed by atoms with Gasteiger partial charge >= 0.3 is 0 Å². The van der Waals surface area contributed by atoms with Gasteiger partial charge in [0.25, 0.3) is 0 Å². The number of hydrogen-bond donors (Lipinski definition) is 1. The fourth-order valence-corrected chi connectivity index (χ4v) is 3.39. The van der Waals surface area contributed by atoms with Crippen LogP contribution < -0.4 is 5.32 Å². The lowest BCUT2D eigenvalue weighted by Crippen LogP contribution is -2.41. The Morgan fingerprint density at radius 1 is 1.30 bits per heavy atom. The summed E-state index contributed by atoms with van der Waals surface area (Å²) in [4.78, 5) is 0. The Morgan fingerprint density at radius 3 is 2.70 bits per heavy atom. The van der Waals surface area contributed by atoms with E-state index in [2.05, 4.69) is 59.4 Å². The molecule has 2 nitrogen and oxygen atoms in total. The lowest BCUT2D eigenvalue weighted by molar-refractivity contribution is 0.0775. The van der Waals surface area contributed by atoms with Crippen LogP contribution in [0.25, 0.3) is 0 Å². The van der Waals surface area contributed by atoms with Crippen molar-refractivity contribution in [3.8, 4) is 0 Å². The molecule has 0 radical (unpaired) electrons. The minimum Gasteiger partial charge on any atom is -0.378 e. The van der Waals surface area contributed by atoms with Crippen LogP contribution in [-0.2, 0) is 11.2 Å². The van der Waals surface area contributed by atoms with E-state index in [1.807, 2.05) is 0 Å². The first-order chi connectivity index (χ1) is 9.74. The zero-order valence-electron chi connectivity index (χ0n) is 12.6. The summed E-state index contributed by atoms with van der Waals surface area (Å²) in [5.41, 5.74) is 1.41. The topological polar surface area (TPSA) is 21.3 Å². The summed E-state index contributed by atoms with van der Waals surface area (Å²) in [5, 5.41) is 3.75. The number of hydrogen-bond acceptors (Lipinski definition) is 2. The van der Waals surface area contributed by atoms with Gasteiger partial charge in [-0.1, -0.05) is 41.9 Å². The van der Waals surface area contributed by atoms with Crippen molar-refractivity contribution in [2.75, 3.05) is 13.2 Å². The average Bonchev–Trinajstić information content (AvgIpc) is 2.94. The van der Waals surface area contributed by atoms with E-state index in [1.165, 1.54) is 18.4 Å². The summed E-state index contributed by atoms with van der Waals surface area (Å²) in [6.45, 7) is 6.48. The molecular formula is C17H26BrNO. The Kier molecular flexibility index (Phi) is 6.53. The molecule has 0 aromatic heterocycles. The van der Waals surface area contributed by atoms with Crippen LogP contribution in [0.1, 0.15) is 38.7 Å². The van der Waals surface area contributed by atoms with Gasteiger partial charge in [-0.25, -0.2) is 0 Å². The van der Waals surface area contributed by atoms with E-state index in [-0.39, 0.29) is 0 Å². The molecule has 0 saturated carbocycles. The highest BCUT2D eigenvalue weighted by atomic mass is 79.9. The molecule has 0 aliphatic carbocycles. The largest absolute Gasteiger partial charge is 0.378 e. The van der Waals surface area contributed by atoms with Gasteiger partial charge in [0.2, 0.25) is 0 Å². The van der Waals surface area contributed by atoms with Gasteiger partial charge < -0.3 is 10.1 Å². The van der Waals surface area contributed by atoms with E-state index in [9.17, 15) is 0 Å². The Hall–Kier alpha value is -0.380. The first kappa shape index (κ1) is 16.0. The Morgan fingerprint density at radius 2 is 2.05 bits per heavy atom. The SMILES string of the molecule is CCCNC(Cc1ccc(Br)cc1)C1CCOC1CC. The van der Waals surface area contributed by atoms with Crippen LogP contribution in [0.15, 0.2) is 28.7 Å². The summed E-state index contributed by atoms with van der Waals surface area (Å²) in [6.07, 6.45) is 5.02. The van der Waals surface area contributed by atoms with Gasteiger partial charge in [-0.15, -0.1) is 0 Å². The summed E-state index contributed by atoms with van der Waals surface area (Å²) >= 11 is 3.51. The summed E-state index contributed by atoms with van der Waals surface area (Å²) < 4.78 is 7.03. The van der Waals surface area contributed by atoms with E-state index in [0.29, 0.717) is 18.1 Å². The normalized spacial score (nSPS) is 23.9. The van der Waals surface area contributed by atoms with Crippen molar-refractivity contribution in [2.45, 2.75) is 51.7 Å². The molecule has 3 unspecified atom stereocenters. The van der Waals surface area contributed by atoms with Crippen LogP contribution in [-0.4, -0.2) is 25.3 Å². The van der Waals surface area contributed by atoms with Crippen molar-refractivity contribution in [1.82, 2.24) is 5.32 Å². The predicted octanol–water partition coefficient (Wildman–Crippen LogP) is 4.17. The van der Waals surface area contributed by atoms with Crippen molar-refractivity contribution in [3.63, 3.8) is 0 Å². The van der Waals surface area contributed by atoms with Crippen LogP contribution in [0.2, 0.25) is 0 Å². The maximum Gasteiger partial charge on any atom is 0.0616 e. The van der Waals surface area contributed by atoms with E-state index in [1.54, 1.807) is 0 Å². The van der Waals surface area contributed by atoms with Gasteiger partial charge in [-0.05, 0) is 49.9 Å². The van der Waals surface area contributed by atoms with Crippen LogP contribution in [0.4, 0.5) is 0 Å². The third kappa shape index (κ3) is 4.31. The molecule has 0 bridgehead atoms. The van der Waals surface area contributed by atoms with Crippen molar-refractivity contribution in [3.05, 3.63) is 34.3 Å². The van der Waals surface area contributed by atoms with Gasteiger partial charge in [0.15, 0.2) is 0 Å². The number of halogens is 1. The van der Waals surface area contributed by atoms with Gasteiger partial charge in [0.1, 0.15) is 0 Å². The van der Waals surface area contributed by atoms with E-state index in [4.69, 9.17) is 4.74 Å². The van der Waals surface area contributed by atoms with Crippen LogP contribution in [0.5, 0.6) is 0 Å². The average molecular weight is 340 g/mol. The molecule has 1 aromatic carbocycles. The minimum atomic E-state index is 0.430. The molecule has 3 heteroatoms. The number of benzene rings is 1. The second kappa shape index (κ2) is 8.16. The lowest BCUT2D eigenvalue weighted by atomic mass is 9.87. The number of nitrogens with one attached hydrogen (secondary N) is 1. The fourth-order valence-electron chi connectivity index (χ4n) is 3.12. The van der Waals surface area contributed by atoms with Crippen LogP contribution in [0, 0.1) is 5.92 Å². The van der Waals surface area contributed by atoms with Crippen LogP contribution >= 0.6 is 15.9 Å². The lowest BCUT2D eigenvalue weighted by Gasteiger charge is -2.28. The zero-order chi connectivity index (χ0) is 14.4. The maximum absolute atomic E-state index is 5.88. The van der Waals surface area contributed by atoms with Crippen molar-refractivity contribution < 1.29 is 4.74 Å². The maximum atomic E-state index is 5.88. The molecule has 3 atom stereocenters. The monoisotopic (exact) mass is 339 g/mol. The predicted molar refractivity (Wildman–Crippen MR) is 88.1 cm³/mol.